The fraction of sp³-hybridized carbons (Fsp3) is 0.562. The molecule has 0 aromatic heterocycles. The second kappa shape index (κ2) is 4.97. The maximum atomic E-state index is 6.23. The second-order valence-electron chi connectivity index (χ2n) is 6.23. The topological polar surface area (TPSA) is 30.8 Å². The van der Waals surface area contributed by atoms with Crippen LogP contribution in [0.1, 0.15) is 33.3 Å². The van der Waals surface area contributed by atoms with E-state index >= 15 is 0 Å². The van der Waals surface area contributed by atoms with Crippen molar-refractivity contribution in [2.45, 2.75) is 39.3 Å². The van der Waals surface area contributed by atoms with Gasteiger partial charge in [0, 0.05) is 12.5 Å². The van der Waals surface area contributed by atoms with E-state index in [1.54, 1.807) is 7.11 Å². The molecule has 1 aliphatic heterocycles. The fourth-order valence-corrected chi connectivity index (χ4v) is 2.28. The molecule has 19 heavy (non-hydrogen) atoms. The van der Waals surface area contributed by atoms with Crippen LogP contribution >= 0.6 is 0 Å². The molecule has 1 heterocycles. The quantitative estimate of drug-likeness (QED) is 0.835. The highest BCUT2D eigenvalue weighted by Crippen LogP contribution is 2.39. The zero-order valence-corrected chi connectivity index (χ0v) is 12.4. The molecular weight excluding hydrogens is 238 g/mol. The van der Waals surface area contributed by atoms with Gasteiger partial charge in [-0.1, -0.05) is 51.1 Å². The van der Waals surface area contributed by atoms with Gasteiger partial charge in [0.25, 0.3) is 0 Å². The lowest BCUT2D eigenvalue weighted by atomic mass is 9.89. The van der Waals surface area contributed by atoms with Gasteiger partial charge < -0.3 is 9.47 Å². The minimum atomic E-state index is -0.445. The van der Waals surface area contributed by atoms with Gasteiger partial charge in [-0.2, -0.15) is 0 Å². The van der Waals surface area contributed by atoms with Crippen LogP contribution in [0.5, 0.6) is 0 Å². The van der Waals surface area contributed by atoms with Gasteiger partial charge in [0.05, 0.1) is 6.61 Å². The highest BCUT2D eigenvalue weighted by molar-refractivity contribution is 5.84. The van der Waals surface area contributed by atoms with Gasteiger partial charge in [-0.15, -0.1) is 0 Å². The van der Waals surface area contributed by atoms with Crippen LogP contribution in [0.3, 0.4) is 0 Å². The average Bonchev–Trinajstić information content (AvgIpc) is 2.70. The van der Waals surface area contributed by atoms with Crippen LogP contribution in [-0.2, 0) is 15.1 Å². The molecule has 0 saturated heterocycles. The molecule has 1 aromatic rings. The summed E-state index contributed by atoms with van der Waals surface area (Å²) >= 11 is 0. The summed E-state index contributed by atoms with van der Waals surface area (Å²) in [4.78, 5) is 4.75. The van der Waals surface area contributed by atoms with E-state index in [-0.39, 0.29) is 11.5 Å². The highest BCUT2D eigenvalue weighted by atomic mass is 16.5. The molecule has 0 bridgehead atoms. The van der Waals surface area contributed by atoms with Gasteiger partial charge in [-0.25, -0.2) is 4.99 Å². The number of nitrogens with zero attached hydrogens (tertiary/aromatic N) is 1. The number of ether oxygens (including phenoxy) is 2. The van der Waals surface area contributed by atoms with E-state index in [1.165, 1.54) is 0 Å². The first kappa shape index (κ1) is 14.1. The molecule has 0 fully saturated rings. The number of benzene rings is 1. The van der Waals surface area contributed by atoms with Crippen LogP contribution in [-0.4, -0.2) is 25.7 Å². The normalized spacial score (nSPS) is 27.0. The van der Waals surface area contributed by atoms with Crippen LogP contribution in [0.4, 0.5) is 0 Å². The smallest absolute Gasteiger partial charge is 0.190 e. The Hall–Kier alpha value is -1.35. The molecule has 2 atom stereocenters. The number of rotatable bonds is 3. The highest BCUT2D eigenvalue weighted by Gasteiger charge is 2.46. The van der Waals surface area contributed by atoms with Crippen molar-refractivity contribution in [1.29, 1.82) is 0 Å². The van der Waals surface area contributed by atoms with Crippen molar-refractivity contribution in [3.63, 3.8) is 0 Å². The van der Waals surface area contributed by atoms with E-state index in [4.69, 9.17) is 14.5 Å². The lowest BCUT2D eigenvalue weighted by molar-refractivity contribution is 0.0322. The van der Waals surface area contributed by atoms with Crippen LogP contribution < -0.4 is 0 Å². The van der Waals surface area contributed by atoms with Crippen molar-refractivity contribution in [3.8, 4) is 0 Å². The Bertz CT molecular complexity index is 461. The van der Waals surface area contributed by atoms with Gasteiger partial charge >= 0.3 is 0 Å². The van der Waals surface area contributed by atoms with Crippen molar-refractivity contribution in [2.75, 3.05) is 13.7 Å². The first-order valence-electron chi connectivity index (χ1n) is 6.69. The molecule has 0 saturated carbocycles. The number of aliphatic imine (C=N–C) groups is 1. The third-order valence-corrected chi connectivity index (χ3v) is 3.53. The van der Waals surface area contributed by atoms with Gasteiger partial charge in [-0.05, 0) is 12.5 Å². The monoisotopic (exact) mass is 261 g/mol. The summed E-state index contributed by atoms with van der Waals surface area (Å²) < 4.78 is 11.6. The Kier molecular flexibility index (Phi) is 3.68. The predicted molar refractivity (Wildman–Crippen MR) is 77.4 cm³/mol. The summed E-state index contributed by atoms with van der Waals surface area (Å²) in [6, 6.07) is 10.2. The van der Waals surface area contributed by atoms with E-state index in [0.29, 0.717) is 6.61 Å². The molecule has 0 unspecified atom stereocenters. The molecule has 0 amide bonds. The second-order valence-corrected chi connectivity index (χ2v) is 6.23. The standard InChI is InChI=1S/C16H23NO2/c1-15(2,3)14-17-13(11-18-5)16(4,19-14)12-9-7-6-8-10-12/h6-10,13H,11H2,1-5H3/t13-,16-/m0/s1. The summed E-state index contributed by atoms with van der Waals surface area (Å²) in [6.45, 7) is 9.00. The summed E-state index contributed by atoms with van der Waals surface area (Å²) in [5.74, 6) is 0.806. The Balaban J connectivity index is 2.36. The van der Waals surface area contributed by atoms with E-state index < -0.39 is 5.60 Å². The Morgan fingerprint density at radius 2 is 1.89 bits per heavy atom. The molecule has 1 aromatic carbocycles. The Morgan fingerprint density at radius 3 is 2.42 bits per heavy atom. The Morgan fingerprint density at radius 1 is 1.26 bits per heavy atom. The zero-order valence-electron chi connectivity index (χ0n) is 12.4. The molecule has 3 nitrogen and oxygen atoms in total. The van der Waals surface area contributed by atoms with Crippen molar-refractivity contribution in [3.05, 3.63) is 35.9 Å². The van der Waals surface area contributed by atoms with Crippen molar-refractivity contribution in [1.82, 2.24) is 0 Å². The lowest BCUT2D eigenvalue weighted by Gasteiger charge is -2.31. The third-order valence-electron chi connectivity index (χ3n) is 3.53. The number of methoxy groups -OCH3 is 1. The molecule has 2 rings (SSSR count). The molecule has 1 aliphatic rings. The summed E-state index contributed by atoms with van der Waals surface area (Å²) in [5, 5.41) is 0. The van der Waals surface area contributed by atoms with Crippen molar-refractivity contribution < 1.29 is 9.47 Å². The van der Waals surface area contributed by atoms with Crippen LogP contribution in [0, 0.1) is 5.41 Å². The molecule has 0 N–H and O–H groups in total. The Labute approximate surface area is 115 Å². The van der Waals surface area contributed by atoms with Crippen LogP contribution in [0.15, 0.2) is 35.3 Å². The van der Waals surface area contributed by atoms with Crippen molar-refractivity contribution >= 4 is 5.90 Å². The lowest BCUT2D eigenvalue weighted by Crippen LogP contribution is -2.38. The summed E-state index contributed by atoms with van der Waals surface area (Å²) in [7, 11) is 1.70. The fourth-order valence-electron chi connectivity index (χ4n) is 2.28. The molecule has 0 radical (unpaired) electrons. The SMILES string of the molecule is COC[C@@H]1N=C(C(C)(C)C)O[C@@]1(C)c1ccccc1. The third kappa shape index (κ3) is 2.66. The summed E-state index contributed by atoms with van der Waals surface area (Å²) in [5.41, 5.74) is 0.610. The predicted octanol–water partition coefficient (Wildman–Crippen LogP) is 3.39. The number of hydrogen-bond donors (Lipinski definition) is 0. The van der Waals surface area contributed by atoms with Crippen LogP contribution in [0.2, 0.25) is 0 Å². The number of hydrogen-bond acceptors (Lipinski definition) is 3. The molecule has 0 aliphatic carbocycles. The van der Waals surface area contributed by atoms with Crippen molar-refractivity contribution in [2.24, 2.45) is 10.4 Å². The minimum absolute atomic E-state index is 0.00544. The van der Waals surface area contributed by atoms with Crippen LogP contribution in [0.25, 0.3) is 0 Å². The molecule has 104 valence electrons. The summed E-state index contributed by atoms with van der Waals surface area (Å²) in [6.07, 6.45) is 0. The van der Waals surface area contributed by atoms with E-state index in [9.17, 15) is 0 Å². The largest absolute Gasteiger partial charge is 0.467 e. The maximum absolute atomic E-state index is 6.23. The molecular formula is C16H23NO2. The van der Waals surface area contributed by atoms with Gasteiger partial charge in [0.1, 0.15) is 6.04 Å². The first-order chi connectivity index (χ1) is 8.88. The van der Waals surface area contributed by atoms with Gasteiger partial charge in [0.2, 0.25) is 0 Å². The maximum Gasteiger partial charge on any atom is 0.190 e. The molecule has 0 spiro atoms. The first-order valence-corrected chi connectivity index (χ1v) is 6.69. The zero-order chi connectivity index (χ0) is 14.1. The molecule has 3 heteroatoms. The van der Waals surface area contributed by atoms with Gasteiger partial charge in [0.15, 0.2) is 11.5 Å². The minimum Gasteiger partial charge on any atom is -0.467 e. The van der Waals surface area contributed by atoms with Gasteiger partial charge in [-0.3, -0.25) is 0 Å². The van der Waals surface area contributed by atoms with E-state index in [2.05, 4.69) is 39.8 Å². The average molecular weight is 261 g/mol. The van der Waals surface area contributed by atoms with E-state index in [1.807, 2.05) is 18.2 Å². The van der Waals surface area contributed by atoms with E-state index in [0.717, 1.165) is 11.5 Å².